The van der Waals surface area contributed by atoms with E-state index < -0.39 is 23.7 Å². The van der Waals surface area contributed by atoms with E-state index in [0.717, 1.165) is 12.4 Å². The predicted molar refractivity (Wildman–Crippen MR) is 107 cm³/mol. The van der Waals surface area contributed by atoms with Crippen LogP contribution in [0.4, 0.5) is 17.6 Å². The summed E-state index contributed by atoms with van der Waals surface area (Å²) in [5, 5.41) is 0. The fourth-order valence-electron chi connectivity index (χ4n) is 2.75. The number of amides is 1. The fraction of sp³-hybridized carbons (Fsp3) is 0.400. The van der Waals surface area contributed by atoms with Crippen molar-refractivity contribution in [2.75, 3.05) is 26.2 Å². The second-order valence-corrected chi connectivity index (χ2v) is 6.44. The number of halogens is 4. The van der Waals surface area contributed by atoms with Crippen LogP contribution in [0.15, 0.2) is 53.9 Å². The molecule has 0 atom stereocenters. The standard InChI is InChI=1S/C20H23F4N5O2/c1-4-6-16(31-15-12-26-19(27-13-15)20(22,23)24)17(25-7-5-2)28-8-10-29(11-9-28)18(30)14(3)21/h5-7,12-13H,3-4,8-11H2,1-2H3/b7-5-,16-6-,25-17+. The van der Waals surface area contributed by atoms with E-state index in [9.17, 15) is 22.4 Å². The number of hydrogen-bond acceptors (Lipinski definition) is 5. The molecule has 1 amide bonds. The van der Waals surface area contributed by atoms with Gasteiger partial charge in [0.2, 0.25) is 5.82 Å². The highest BCUT2D eigenvalue weighted by Crippen LogP contribution is 2.26. The molecule has 31 heavy (non-hydrogen) atoms. The molecule has 2 heterocycles. The lowest BCUT2D eigenvalue weighted by atomic mass is 10.2. The van der Waals surface area contributed by atoms with Gasteiger partial charge in [0.25, 0.3) is 5.91 Å². The average molecular weight is 441 g/mol. The molecule has 0 aromatic carbocycles. The lowest BCUT2D eigenvalue weighted by molar-refractivity contribution is -0.145. The van der Waals surface area contributed by atoms with E-state index in [1.165, 1.54) is 4.90 Å². The Kier molecular flexibility index (Phi) is 8.29. The second-order valence-electron chi connectivity index (χ2n) is 6.44. The SMILES string of the molecule is C=C(F)C(=O)N1CCN(C(=N/C=C\C)/C(=C/CC)Oc2cnc(C(F)(F)F)nc2)CC1. The molecule has 1 aromatic heterocycles. The zero-order chi connectivity index (χ0) is 23.0. The molecule has 1 aromatic rings. The molecular formula is C20H23F4N5O2. The maximum atomic E-state index is 13.1. The summed E-state index contributed by atoms with van der Waals surface area (Å²) in [6.45, 7) is 7.87. The Morgan fingerprint density at radius 3 is 2.29 bits per heavy atom. The van der Waals surface area contributed by atoms with Gasteiger partial charge in [-0.15, -0.1) is 0 Å². The number of ether oxygens (including phenoxy) is 1. The van der Waals surface area contributed by atoms with E-state index in [1.807, 2.05) is 11.8 Å². The molecule has 0 saturated carbocycles. The first-order valence-corrected chi connectivity index (χ1v) is 9.52. The highest BCUT2D eigenvalue weighted by atomic mass is 19.4. The number of aliphatic imine (C=N–C) groups is 1. The minimum atomic E-state index is -4.65. The zero-order valence-electron chi connectivity index (χ0n) is 17.2. The second kappa shape index (κ2) is 10.7. The van der Waals surface area contributed by atoms with Crippen LogP contribution in [0.25, 0.3) is 0 Å². The van der Waals surface area contributed by atoms with E-state index in [4.69, 9.17) is 4.74 Å². The third-order valence-corrected chi connectivity index (χ3v) is 4.16. The molecule has 1 aliphatic rings. The number of rotatable bonds is 6. The van der Waals surface area contributed by atoms with Crippen LogP contribution in [0.2, 0.25) is 0 Å². The Labute approximate surface area is 177 Å². The van der Waals surface area contributed by atoms with Crippen molar-refractivity contribution in [2.45, 2.75) is 26.4 Å². The summed E-state index contributed by atoms with van der Waals surface area (Å²) >= 11 is 0. The normalized spacial score (nSPS) is 16.1. The summed E-state index contributed by atoms with van der Waals surface area (Å²) in [5.74, 6) is -2.30. The molecule has 1 saturated heterocycles. The Bertz CT molecular complexity index is 871. The summed E-state index contributed by atoms with van der Waals surface area (Å²) in [4.78, 5) is 26.0. The van der Waals surface area contributed by atoms with Gasteiger partial charge in [-0.05, 0) is 19.4 Å². The molecule has 168 valence electrons. The van der Waals surface area contributed by atoms with Crippen molar-refractivity contribution < 1.29 is 27.1 Å². The summed E-state index contributed by atoms with van der Waals surface area (Å²) in [6, 6.07) is 0. The van der Waals surface area contributed by atoms with Crippen LogP contribution < -0.4 is 4.74 Å². The van der Waals surface area contributed by atoms with E-state index in [2.05, 4.69) is 21.5 Å². The highest BCUT2D eigenvalue weighted by Gasteiger charge is 2.34. The van der Waals surface area contributed by atoms with Gasteiger partial charge < -0.3 is 14.5 Å². The molecule has 0 aliphatic carbocycles. The number of amidine groups is 1. The van der Waals surface area contributed by atoms with Crippen molar-refractivity contribution in [3.63, 3.8) is 0 Å². The molecule has 0 spiro atoms. The molecule has 7 nitrogen and oxygen atoms in total. The van der Waals surface area contributed by atoms with Crippen molar-refractivity contribution in [2.24, 2.45) is 4.99 Å². The van der Waals surface area contributed by atoms with Crippen LogP contribution in [0, 0.1) is 0 Å². The first-order chi connectivity index (χ1) is 14.7. The number of nitrogens with zero attached hydrogens (tertiary/aromatic N) is 5. The number of carbonyl (C=O) groups is 1. The zero-order valence-corrected chi connectivity index (χ0v) is 17.2. The van der Waals surface area contributed by atoms with Crippen LogP contribution in [0.1, 0.15) is 26.1 Å². The van der Waals surface area contributed by atoms with E-state index in [0.29, 0.717) is 31.1 Å². The Balaban J connectivity index is 2.23. The van der Waals surface area contributed by atoms with Gasteiger partial charge in [-0.25, -0.2) is 19.4 Å². The molecular weight excluding hydrogens is 418 g/mol. The first-order valence-electron chi connectivity index (χ1n) is 9.52. The Hall–Kier alpha value is -3.24. The van der Waals surface area contributed by atoms with Gasteiger partial charge in [-0.1, -0.05) is 19.6 Å². The smallest absolute Gasteiger partial charge is 0.451 e. The van der Waals surface area contributed by atoms with Gasteiger partial charge in [-0.3, -0.25) is 4.79 Å². The largest absolute Gasteiger partial charge is 0.451 e. The minimum Gasteiger partial charge on any atom is -0.451 e. The van der Waals surface area contributed by atoms with Gasteiger partial charge in [-0.2, -0.15) is 13.2 Å². The van der Waals surface area contributed by atoms with Gasteiger partial charge in [0, 0.05) is 32.4 Å². The van der Waals surface area contributed by atoms with Crippen LogP contribution >= 0.6 is 0 Å². The molecule has 1 fully saturated rings. The van der Waals surface area contributed by atoms with Crippen LogP contribution in [0.3, 0.4) is 0 Å². The number of hydrogen-bond donors (Lipinski definition) is 0. The monoisotopic (exact) mass is 441 g/mol. The lowest BCUT2D eigenvalue weighted by Crippen LogP contribution is -2.51. The van der Waals surface area contributed by atoms with Crippen molar-refractivity contribution in [1.82, 2.24) is 19.8 Å². The number of aromatic nitrogens is 2. The summed E-state index contributed by atoms with van der Waals surface area (Å²) in [5.41, 5.74) is 0. The van der Waals surface area contributed by atoms with Crippen LogP contribution in [-0.4, -0.2) is 57.7 Å². The lowest BCUT2D eigenvalue weighted by Gasteiger charge is -2.36. The minimum absolute atomic E-state index is 0.0171. The molecule has 11 heteroatoms. The van der Waals surface area contributed by atoms with Crippen molar-refractivity contribution in [1.29, 1.82) is 0 Å². The van der Waals surface area contributed by atoms with Crippen LogP contribution in [0.5, 0.6) is 5.75 Å². The number of piperazine rings is 1. The molecule has 2 rings (SSSR count). The molecule has 0 bridgehead atoms. The number of alkyl halides is 3. The highest BCUT2D eigenvalue weighted by molar-refractivity contribution is 5.97. The van der Waals surface area contributed by atoms with Crippen molar-refractivity contribution >= 4 is 11.7 Å². The van der Waals surface area contributed by atoms with Crippen molar-refractivity contribution in [3.8, 4) is 5.75 Å². The van der Waals surface area contributed by atoms with E-state index in [1.54, 1.807) is 25.3 Å². The third-order valence-electron chi connectivity index (χ3n) is 4.16. The van der Waals surface area contributed by atoms with Gasteiger partial charge in [0.15, 0.2) is 23.2 Å². The summed E-state index contributed by atoms with van der Waals surface area (Å²) < 4.78 is 56.9. The first kappa shape index (κ1) is 24.0. The number of carbonyl (C=O) groups excluding carboxylic acids is 1. The van der Waals surface area contributed by atoms with Crippen molar-refractivity contribution in [3.05, 3.63) is 54.7 Å². The Morgan fingerprint density at radius 1 is 1.23 bits per heavy atom. The van der Waals surface area contributed by atoms with Gasteiger partial charge in [0.1, 0.15) is 0 Å². The quantitative estimate of drug-likeness (QED) is 0.221. The van der Waals surface area contributed by atoms with Gasteiger partial charge in [0.05, 0.1) is 12.4 Å². The van der Waals surface area contributed by atoms with E-state index >= 15 is 0 Å². The van der Waals surface area contributed by atoms with Crippen LogP contribution in [-0.2, 0) is 11.0 Å². The summed E-state index contributed by atoms with van der Waals surface area (Å²) in [7, 11) is 0. The summed E-state index contributed by atoms with van der Waals surface area (Å²) in [6.07, 6.45) is 2.77. The third kappa shape index (κ3) is 6.63. The maximum Gasteiger partial charge on any atom is 0.451 e. The predicted octanol–water partition coefficient (Wildman–Crippen LogP) is 3.73. The maximum absolute atomic E-state index is 13.1. The molecule has 1 aliphatic heterocycles. The Morgan fingerprint density at radius 2 is 1.81 bits per heavy atom. The molecule has 0 radical (unpaired) electrons. The number of allylic oxidation sites excluding steroid dienone is 2. The average Bonchev–Trinajstić information content (AvgIpc) is 2.73. The van der Waals surface area contributed by atoms with E-state index in [-0.39, 0.29) is 18.8 Å². The fourth-order valence-corrected chi connectivity index (χ4v) is 2.75. The molecule has 0 unspecified atom stereocenters. The molecule has 0 N–H and O–H groups in total. The van der Waals surface area contributed by atoms with Gasteiger partial charge >= 0.3 is 6.18 Å². The topological polar surface area (TPSA) is 70.9 Å².